The fraction of sp³-hybridized carbons (Fsp3) is 0.875. The Morgan fingerprint density at radius 1 is 1.67 bits per heavy atom. The maximum Gasteiger partial charge on any atom is 0.133 e. The Morgan fingerprint density at radius 2 is 2.44 bits per heavy atom. The number of carbonyl (C=O) groups excluding carboxylic acids is 1. The zero-order valence-corrected chi connectivity index (χ0v) is 5.81. The topological polar surface area (TPSA) is 17.1 Å². The van der Waals surface area contributed by atoms with Crippen LogP contribution in [0.25, 0.3) is 0 Å². The molecule has 0 amide bonds. The quantitative estimate of drug-likeness (QED) is 0.481. The molecule has 1 heteroatoms. The molecule has 0 saturated heterocycles. The molecule has 0 N–H and O–H groups in total. The van der Waals surface area contributed by atoms with Crippen molar-refractivity contribution in [2.24, 2.45) is 11.3 Å². The maximum atomic E-state index is 10.8. The molecule has 0 heterocycles. The van der Waals surface area contributed by atoms with E-state index in [4.69, 9.17) is 0 Å². The number of carbonyl (C=O) groups is 1. The maximum absolute atomic E-state index is 10.8. The van der Waals surface area contributed by atoms with Crippen molar-refractivity contribution < 1.29 is 4.79 Å². The first-order chi connectivity index (χ1) is 4.21. The Kier molecular flexibility index (Phi) is 0.842. The van der Waals surface area contributed by atoms with E-state index in [2.05, 4.69) is 6.92 Å². The van der Waals surface area contributed by atoms with Crippen molar-refractivity contribution in [2.45, 2.75) is 32.6 Å². The molecule has 0 radical (unpaired) electrons. The van der Waals surface area contributed by atoms with Crippen LogP contribution in [0.5, 0.6) is 0 Å². The van der Waals surface area contributed by atoms with Crippen LogP contribution in [0.4, 0.5) is 0 Å². The largest absolute Gasteiger partial charge is 0.300 e. The zero-order chi connectivity index (χ0) is 6.48. The number of hydrogen-bond donors (Lipinski definition) is 0. The minimum Gasteiger partial charge on any atom is -0.300 e. The second kappa shape index (κ2) is 1.39. The van der Waals surface area contributed by atoms with E-state index < -0.39 is 0 Å². The first-order valence-electron chi connectivity index (χ1n) is 3.72. The fourth-order valence-corrected chi connectivity index (χ4v) is 1.93. The molecule has 2 aliphatic rings. The van der Waals surface area contributed by atoms with Gasteiger partial charge in [0.2, 0.25) is 0 Å². The Balaban J connectivity index is 2.08. The molecule has 0 spiro atoms. The lowest BCUT2D eigenvalue weighted by molar-refractivity contribution is -0.121. The van der Waals surface area contributed by atoms with Crippen LogP contribution in [0.2, 0.25) is 0 Å². The van der Waals surface area contributed by atoms with E-state index in [0.29, 0.717) is 11.2 Å². The average molecular weight is 124 g/mol. The summed E-state index contributed by atoms with van der Waals surface area (Å²) < 4.78 is 0. The Bertz CT molecular complexity index is 162. The van der Waals surface area contributed by atoms with Gasteiger partial charge in [-0.3, -0.25) is 4.79 Å². The highest BCUT2D eigenvalue weighted by Gasteiger charge is 2.52. The average Bonchev–Trinajstić information content (AvgIpc) is 2.41. The van der Waals surface area contributed by atoms with Crippen molar-refractivity contribution in [3.05, 3.63) is 0 Å². The Morgan fingerprint density at radius 3 is 3.00 bits per heavy atom. The van der Waals surface area contributed by atoms with Crippen LogP contribution >= 0.6 is 0 Å². The van der Waals surface area contributed by atoms with Gasteiger partial charge in [0.1, 0.15) is 5.78 Å². The second-order valence-electron chi connectivity index (χ2n) is 3.80. The van der Waals surface area contributed by atoms with Gasteiger partial charge in [-0.15, -0.1) is 0 Å². The van der Waals surface area contributed by atoms with E-state index in [1.54, 1.807) is 0 Å². The number of hydrogen-bond acceptors (Lipinski definition) is 1. The molecule has 0 aromatic rings. The molecular weight excluding hydrogens is 112 g/mol. The van der Waals surface area contributed by atoms with Crippen LogP contribution in [0.3, 0.4) is 0 Å². The van der Waals surface area contributed by atoms with Gasteiger partial charge in [0.05, 0.1) is 0 Å². The standard InChI is InChI=1S/C8H12O/c1-8-3-2-7(9)4-6(8)5-8/h6H,2-5H2,1H3. The second-order valence-corrected chi connectivity index (χ2v) is 3.80. The molecule has 0 bridgehead atoms. The van der Waals surface area contributed by atoms with Crippen LogP contribution in [0.1, 0.15) is 32.6 Å². The number of Topliss-reactive ketones (excluding diaryl/α,β-unsaturated/α-hetero) is 1. The van der Waals surface area contributed by atoms with Crippen molar-refractivity contribution in [2.75, 3.05) is 0 Å². The van der Waals surface area contributed by atoms with Crippen LogP contribution in [-0.2, 0) is 4.79 Å². The van der Waals surface area contributed by atoms with Gasteiger partial charge in [-0.05, 0) is 24.2 Å². The van der Waals surface area contributed by atoms with Crippen molar-refractivity contribution in [1.82, 2.24) is 0 Å². The van der Waals surface area contributed by atoms with E-state index in [1.165, 1.54) is 6.42 Å². The molecular formula is C8H12O. The highest BCUT2D eigenvalue weighted by atomic mass is 16.1. The van der Waals surface area contributed by atoms with Gasteiger partial charge in [-0.2, -0.15) is 0 Å². The predicted molar refractivity (Wildman–Crippen MR) is 35.1 cm³/mol. The first kappa shape index (κ1) is 5.45. The van der Waals surface area contributed by atoms with E-state index in [1.807, 2.05) is 0 Å². The Hall–Kier alpha value is -0.330. The van der Waals surface area contributed by atoms with Gasteiger partial charge < -0.3 is 0 Å². The van der Waals surface area contributed by atoms with E-state index in [-0.39, 0.29) is 0 Å². The summed E-state index contributed by atoms with van der Waals surface area (Å²) in [5.74, 6) is 1.27. The molecule has 2 rings (SSSR count). The summed E-state index contributed by atoms with van der Waals surface area (Å²) in [5.41, 5.74) is 0.605. The third kappa shape index (κ3) is 0.707. The van der Waals surface area contributed by atoms with Crippen molar-refractivity contribution in [3.8, 4) is 0 Å². The predicted octanol–water partition coefficient (Wildman–Crippen LogP) is 1.77. The van der Waals surface area contributed by atoms with Crippen LogP contribution in [0, 0.1) is 11.3 Å². The molecule has 0 aromatic heterocycles. The summed E-state index contributed by atoms with van der Waals surface area (Å²) >= 11 is 0. The van der Waals surface area contributed by atoms with Crippen molar-refractivity contribution in [3.63, 3.8) is 0 Å². The molecule has 2 saturated carbocycles. The van der Waals surface area contributed by atoms with Crippen LogP contribution in [-0.4, -0.2) is 5.78 Å². The highest BCUT2D eigenvalue weighted by Crippen LogP contribution is 2.59. The molecule has 0 aromatic carbocycles. The zero-order valence-electron chi connectivity index (χ0n) is 5.81. The summed E-state index contributed by atoms with van der Waals surface area (Å²) in [6.45, 7) is 2.31. The lowest BCUT2D eigenvalue weighted by Gasteiger charge is -2.14. The fourth-order valence-electron chi connectivity index (χ4n) is 1.93. The minimum atomic E-state index is 0.495. The molecule has 1 nitrogen and oxygen atoms in total. The van der Waals surface area contributed by atoms with Gasteiger partial charge >= 0.3 is 0 Å². The summed E-state index contributed by atoms with van der Waals surface area (Å²) in [4.78, 5) is 10.8. The Labute approximate surface area is 55.4 Å². The number of fused-ring (bicyclic) bond motifs is 1. The SMILES string of the molecule is CC12CCC(=O)CC1C2. The first-order valence-corrected chi connectivity index (χ1v) is 3.72. The normalized spacial score (nSPS) is 48.6. The lowest BCUT2D eigenvalue weighted by Crippen LogP contribution is -2.12. The van der Waals surface area contributed by atoms with E-state index in [0.717, 1.165) is 25.2 Å². The van der Waals surface area contributed by atoms with Gasteiger partial charge in [0.15, 0.2) is 0 Å². The van der Waals surface area contributed by atoms with Crippen molar-refractivity contribution in [1.29, 1.82) is 0 Å². The van der Waals surface area contributed by atoms with Gasteiger partial charge in [0.25, 0.3) is 0 Å². The summed E-state index contributed by atoms with van der Waals surface area (Å²) in [6, 6.07) is 0. The van der Waals surface area contributed by atoms with Crippen molar-refractivity contribution >= 4 is 5.78 Å². The lowest BCUT2D eigenvalue weighted by atomic mass is 9.90. The van der Waals surface area contributed by atoms with E-state index >= 15 is 0 Å². The molecule has 0 aliphatic heterocycles. The highest BCUT2D eigenvalue weighted by molar-refractivity contribution is 5.80. The summed E-state index contributed by atoms with van der Waals surface area (Å²) in [6.07, 6.45) is 4.22. The summed E-state index contributed by atoms with van der Waals surface area (Å²) in [7, 11) is 0. The molecule has 9 heavy (non-hydrogen) atoms. The number of ketones is 1. The van der Waals surface area contributed by atoms with Crippen LogP contribution in [0.15, 0.2) is 0 Å². The molecule has 2 atom stereocenters. The molecule has 2 aliphatic carbocycles. The molecule has 2 fully saturated rings. The van der Waals surface area contributed by atoms with Crippen LogP contribution < -0.4 is 0 Å². The van der Waals surface area contributed by atoms with E-state index in [9.17, 15) is 4.79 Å². The monoisotopic (exact) mass is 124 g/mol. The van der Waals surface area contributed by atoms with Gasteiger partial charge in [-0.25, -0.2) is 0 Å². The molecule has 2 unspecified atom stereocenters. The van der Waals surface area contributed by atoms with Gasteiger partial charge in [-0.1, -0.05) is 6.92 Å². The molecule has 50 valence electrons. The number of rotatable bonds is 0. The summed E-state index contributed by atoms with van der Waals surface area (Å²) in [5, 5.41) is 0. The third-order valence-electron chi connectivity index (χ3n) is 2.99. The third-order valence-corrected chi connectivity index (χ3v) is 2.99. The minimum absolute atomic E-state index is 0.495. The van der Waals surface area contributed by atoms with Gasteiger partial charge in [0, 0.05) is 12.8 Å². The smallest absolute Gasteiger partial charge is 0.133 e.